The molecule has 74 valence electrons. The van der Waals surface area contributed by atoms with Crippen molar-refractivity contribution in [3.63, 3.8) is 0 Å². The van der Waals surface area contributed by atoms with Gasteiger partial charge in [0.05, 0.1) is 0 Å². The largest absolute Gasteiger partial charge is 0.379 e. The van der Waals surface area contributed by atoms with Crippen molar-refractivity contribution >= 4 is 0 Å². The van der Waals surface area contributed by atoms with E-state index < -0.39 is 0 Å². The van der Waals surface area contributed by atoms with Crippen LogP contribution in [0.15, 0.2) is 0 Å². The molecule has 0 saturated carbocycles. The quantitative estimate of drug-likeness (QED) is 0.457. The first-order valence-electron chi connectivity index (χ1n) is 5.11. The van der Waals surface area contributed by atoms with Crippen LogP contribution in [0.25, 0.3) is 0 Å². The highest BCUT2D eigenvalue weighted by Crippen LogP contribution is 2.04. The van der Waals surface area contributed by atoms with Crippen LogP contribution in [0.4, 0.5) is 0 Å². The van der Waals surface area contributed by atoms with E-state index in [1.165, 1.54) is 19.3 Å². The molecule has 12 heavy (non-hydrogen) atoms. The molecule has 0 aromatic carbocycles. The number of rotatable bonds is 7. The zero-order valence-corrected chi connectivity index (χ0v) is 8.64. The van der Waals surface area contributed by atoms with Crippen molar-refractivity contribution in [2.75, 3.05) is 0 Å². The minimum absolute atomic E-state index is 0.304. The van der Waals surface area contributed by atoms with Crippen molar-refractivity contribution in [1.82, 2.24) is 5.32 Å². The third kappa shape index (κ3) is 8.02. The Hall–Kier alpha value is -0.0800. The zero-order valence-electron chi connectivity index (χ0n) is 8.64. The standard InChI is InChI=1S/C10H23NO/c1-4-5-6-7-8-10(12)11-9(2)3/h9-12H,4-8H2,1-3H3/t10-/m0/s1. The Kier molecular flexibility index (Phi) is 7.51. The number of unbranched alkanes of at least 4 members (excludes halogenated alkanes) is 3. The molecule has 2 heteroatoms. The maximum absolute atomic E-state index is 9.41. The Bertz CT molecular complexity index is 93.8. The predicted molar refractivity (Wildman–Crippen MR) is 53.0 cm³/mol. The van der Waals surface area contributed by atoms with Crippen molar-refractivity contribution in [2.45, 2.75) is 65.1 Å². The molecule has 0 aliphatic rings. The van der Waals surface area contributed by atoms with Crippen LogP contribution < -0.4 is 5.32 Å². The summed E-state index contributed by atoms with van der Waals surface area (Å²) in [5.74, 6) is 0. The van der Waals surface area contributed by atoms with Gasteiger partial charge in [0.1, 0.15) is 6.23 Å². The van der Waals surface area contributed by atoms with Gasteiger partial charge in [0.25, 0.3) is 0 Å². The summed E-state index contributed by atoms with van der Waals surface area (Å²) in [6.07, 6.45) is 5.50. The van der Waals surface area contributed by atoms with Gasteiger partial charge < -0.3 is 5.11 Å². The highest BCUT2D eigenvalue weighted by atomic mass is 16.3. The highest BCUT2D eigenvalue weighted by Gasteiger charge is 2.03. The molecule has 0 unspecified atom stereocenters. The number of aliphatic hydroxyl groups excluding tert-OH is 1. The molecule has 0 aromatic heterocycles. The van der Waals surface area contributed by atoms with E-state index in [9.17, 15) is 5.11 Å². The Morgan fingerprint density at radius 2 is 1.83 bits per heavy atom. The molecule has 2 N–H and O–H groups in total. The van der Waals surface area contributed by atoms with Crippen LogP contribution in [0.3, 0.4) is 0 Å². The molecule has 0 radical (unpaired) electrons. The topological polar surface area (TPSA) is 32.3 Å². The second-order valence-corrected chi connectivity index (χ2v) is 3.69. The van der Waals surface area contributed by atoms with Crippen LogP contribution in [0.5, 0.6) is 0 Å². The number of aliphatic hydroxyl groups is 1. The molecule has 2 nitrogen and oxygen atoms in total. The summed E-state index contributed by atoms with van der Waals surface area (Å²) in [6.45, 7) is 6.30. The SMILES string of the molecule is CCCCCC[C@H](O)NC(C)C. The smallest absolute Gasteiger partial charge is 0.105 e. The molecular weight excluding hydrogens is 150 g/mol. The second-order valence-electron chi connectivity index (χ2n) is 3.69. The number of hydrogen-bond donors (Lipinski definition) is 2. The van der Waals surface area contributed by atoms with E-state index >= 15 is 0 Å². The van der Waals surface area contributed by atoms with Crippen molar-refractivity contribution in [3.8, 4) is 0 Å². The Morgan fingerprint density at radius 3 is 2.33 bits per heavy atom. The van der Waals surface area contributed by atoms with Crippen molar-refractivity contribution in [1.29, 1.82) is 0 Å². The Labute approximate surface area is 76.4 Å². The van der Waals surface area contributed by atoms with Crippen LogP contribution in [-0.2, 0) is 0 Å². The first kappa shape index (κ1) is 11.9. The molecule has 0 fully saturated rings. The van der Waals surface area contributed by atoms with E-state index in [2.05, 4.69) is 26.1 Å². The molecule has 0 rings (SSSR count). The minimum atomic E-state index is -0.304. The van der Waals surface area contributed by atoms with Gasteiger partial charge in [-0.15, -0.1) is 0 Å². The van der Waals surface area contributed by atoms with Crippen LogP contribution in [0.1, 0.15) is 52.9 Å². The van der Waals surface area contributed by atoms with Crippen molar-refractivity contribution < 1.29 is 5.11 Å². The summed E-state index contributed by atoms with van der Waals surface area (Å²) in [5.41, 5.74) is 0. The lowest BCUT2D eigenvalue weighted by Crippen LogP contribution is -2.34. The fraction of sp³-hybridized carbons (Fsp3) is 1.00. The molecule has 0 aliphatic carbocycles. The molecule has 0 saturated heterocycles. The fourth-order valence-electron chi connectivity index (χ4n) is 1.23. The first-order chi connectivity index (χ1) is 5.66. The lowest BCUT2D eigenvalue weighted by molar-refractivity contribution is 0.115. The lowest BCUT2D eigenvalue weighted by atomic mass is 10.1. The first-order valence-corrected chi connectivity index (χ1v) is 5.11. The average Bonchev–Trinajstić information content (AvgIpc) is 1.97. The summed E-state index contributed by atoms with van der Waals surface area (Å²) < 4.78 is 0. The van der Waals surface area contributed by atoms with E-state index in [0.717, 1.165) is 12.8 Å². The van der Waals surface area contributed by atoms with Gasteiger partial charge in [-0.05, 0) is 26.7 Å². The van der Waals surface area contributed by atoms with E-state index in [4.69, 9.17) is 0 Å². The van der Waals surface area contributed by atoms with Crippen LogP contribution >= 0.6 is 0 Å². The molecule has 0 amide bonds. The molecule has 0 heterocycles. The highest BCUT2D eigenvalue weighted by molar-refractivity contribution is 4.57. The summed E-state index contributed by atoms with van der Waals surface area (Å²) in [4.78, 5) is 0. The third-order valence-electron chi connectivity index (χ3n) is 1.86. The van der Waals surface area contributed by atoms with Gasteiger partial charge in [0.15, 0.2) is 0 Å². The maximum atomic E-state index is 9.41. The van der Waals surface area contributed by atoms with E-state index in [1.807, 2.05) is 0 Å². The van der Waals surface area contributed by atoms with Gasteiger partial charge in [-0.25, -0.2) is 0 Å². The second kappa shape index (κ2) is 7.56. The molecule has 0 spiro atoms. The third-order valence-corrected chi connectivity index (χ3v) is 1.86. The fourth-order valence-corrected chi connectivity index (χ4v) is 1.23. The van der Waals surface area contributed by atoms with Gasteiger partial charge in [-0.1, -0.05) is 26.2 Å². The Morgan fingerprint density at radius 1 is 1.17 bits per heavy atom. The van der Waals surface area contributed by atoms with E-state index in [1.54, 1.807) is 0 Å². The molecule has 0 aliphatic heterocycles. The zero-order chi connectivity index (χ0) is 9.40. The maximum Gasteiger partial charge on any atom is 0.105 e. The summed E-state index contributed by atoms with van der Waals surface area (Å²) >= 11 is 0. The van der Waals surface area contributed by atoms with Crippen LogP contribution in [-0.4, -0.2) is 17.4 Å². The van der Waals surface area contributed by atoms with Gasteiger partial charge in [0, 0.05) is 6.04 Å². The van der Waals surface area contributed by atoms with E-state index in [0.29, 0.717) is 6.04 Å². The Balaban J connectivity index is 3.14. The monoisotopic (exact) mass is 173 g/mol. The van der Waals surface area contributed by atoms with Gasteiger partial charge in [-0.3, -0.25) is 5.32 Å². The van der Waals surface area contributed by atoms with Crippen LogP contribution in [0.2, 0.25) is 0 Å². The van der Waals surface area contributed by atoms with Crippen molar-refractivity contribution in [3.05, 3.63) is 0 Å². The summed E-state index contributed by atoms with van der Waals surface area (Å²) in [6, 6.07) is 0.381. The molecule has 0 aromatic rings. The van der Waals surface area contributed by atoms with Crippen LogP contribution in [0, 0.1) is 0 Å². The van der Waals surface area contributed by atoms with E-state index in [-0.39, 0.29) is 6.23 Å². The van der Waals surface area contributed by atoms with Crippen molar-refractivity contribution in [2.24, 2.45) is 0 Å². The summed E-state index contributed by atoms with van der Waals surface area (Å²) in [5, 5.41) is 12.5. The molecule has 1 atom stereocenters. The minimum Gasteiger partial charge on any atom is -0.379 e. The van der Waals surface area contributed by atoms with Gasteiger partial charge in [-0.2, -0.15) is 0 Å². The normalized spacial score (nSPS) is 13.8. The summed E-state index contributed by atoms with van der Waals surface area (Å²) in [7, 11) is 0. The lowest BCUT2D eigenvalue weighted by Gasteiger charge is -2.15. The predicted octanol–water partition coefficient (Wildman–Crippen LogP) is 2.27. The number of nitrogens with one attached hydrogen (secondary N) is 1. The molecule has 0 bridgehead atoms. The molecular formula is C10H23NO. The number of hydrogen-bond acceptors (Lipinski definition) is 2. The average molecular weight is 173 g/mol. The van der Waals surface area contributed by atoms with Gasteiger partial charge in [0.2, 0.25) is 0 Å². The van der Waals surface area contributed by atoms with Gasteiger partial charge >= 0.3 is 0 Å².